The van der Waals surface area contributed by atoms with Crippen molar-refractivity contribution in [2.24, 2.45) is 5.73 Å². The van der Waals surface area contributed by atoms with E-state index in [1.54, 1.807) is 7.11 Å². The summed E-state index contributed by atoms with van der Waals surface area (Å²) < 4.78 is 6.41. The number of allylic oxidation sites excluding steroid dienone is 1. The van der Waals surface area contributed by atoms with Crippen LogP contribution in [-0.4, -0.2) is 13.7 Å². The normalized spacial score (nSPS) is 11.8. The fourth-order valence-electron chi connectivity index (χ4n) is 2.16. The van der Waals surface area contributed by atoms with Crippen molar-refractivity contribution in [2.45, 2.75) is 6.92 Å². The molecule has 0 saturated carbocycles. The average Bonchev–Trinajstić information content (AvgIpc) is 2.50. The molecule has 110 valence electrons. The molecule has 2 rings (SSSR count). The predicted molar refractivity (Wildman–Crippen MR) is 92.4 cm³/mol. The number of methoxy groups -OCH3 is 1. The van der Waals surface area contributed by atoms with Crippen LogP contribution < -0.4 is 15.8 Å². The Labute approximate surface area is 133 Å². The van der Waals surface area contributed by atoms with Gasteiger partial charge in [-0.05, 0) is 42.3 Å². The first-order valence-electron chi connectivity index (χ1n) is 6.71. The van der Waals surface area contributed by atoms with Gasteiger partial charge in [-0.1, -0.05) is 40.2 Å². The summed E-state index contributed by atoms with van der Waals surface area (Å²) in [5.74, 6) is 0.809. The van der Waals surface area contributed by atoms with E-state index in [2.05, 4.69) is 33.4 Å². The van der Waals surface area contributed by atoms with Crippen LogP contribution in [0.1, 0.15) is 12.5 Å². The predicted octanol–water partition coefficient (Wildman–Crippen LogP) is 4.26. The Morgan fingerprint density at radius 2 is 1.81 bits per heavy atom. The van der Waals surface area contributed by atoms with E-state index in [1.807, 2.05) is 43.3 Å². The second kappa shape index (κ2) is 7.29. The molecule has 0 amide bonds. The summed E-state index contributed by atoms with van der Waals surface area (Å²) in [6, 6.07) is 16.0. The Balaban J connectivity index is 2.33. The lowest BCUT2D eigenvalue weighted by Gasteiger charge is -2.15. The molecule has 2 aromatic carbocycles. The van der Waals surface area contributed by atoms with E-state index < -0.39 is 0 Å². The standard InChI is InChI=1S/C17H19BrN2O/c1-12(20-16-5-3-4-6-17(16)21-2)15(11-19)13-7-9-14(18)10-8-13/h3-10,20H,11,19H2,1-2H3. The van der Waals surface area contributed by atoms with Crippen LogP contribution >= 0.6 is 15.9 Å². The summed E-state index contributed by atoms with van der Waals surface area (Å²) in [6.45, 7) is 2.49. The van der Waals surface area contributed by atoms with Gasteiger partial charge in [0.05, 0.1) is 12.8 Å². The van der Waals surface area contributed by atoms with Gasteiger partial charge in [-0.2, -0.15) is 0 Å². The molecule has 3 N–H and O–H groups in total. The highest BCUT2D eigenvalue weighted by molar-refractivity contribution is 9.10. The van der Waals surface area contributed by atoms with Crippen LogP contribution in [0.2, 0.25) is 0 Å². The zero-order valence-corrected chi connectivity index (χ0v) is 13.8. The molecular weight excluding hydrogens is 328 g/mol. The quantitative estimate of drug-likeness (QED) is 0.850. The fraction of sp³-hybridized carbons (Fsp3) is 0.176. The summed E-state index contributed by atoms with van der Waals surface area (Å²) in [4.78, 5) is 0. The molecule has 0 aromatic heterocycles. The minimum Gasteiger partial charge on any atom is -0.495 e. The van der Waals surface area contributed by atoms with Gasteiger partial charge in [-0.15, -0.1) is 0 Å². The lowest BCUT2D eigenvalue weighted by molar-refractivity contribution is 0.416. The molecular formula is C17H19BrN2O. The molecule has 0 radical (unpaired) electrons. The molecule has 0 saturated heterocycles. The number of ether oxygens (including phenoxy) is 1. The zero-order valence-electron chi connectivity index (χ0n) is 12.2. The fourth-order valence-corrected chi connectivity index (χ4v) is 2.43. The topological polar surface area (TPSA) is 47.3 Å². The summed E-state index contributed by atoms with van der Waals surface area (Å²) in [7, 11) is 1.66. The van der Waals surface area contributed by atoms with Crippen molar-refractivity contribution in [2.75, 3.05) is 19.0 Å². The number of hydrogen-bond acceptors (Lipinski definition) is 3. The first-order chi connectivity index (χ1) is 10.2. The van der Waals surface area contributed by atoms with Gasteiger partial charge in [0.25, 0.3) is 0 Å². The van der Waals surface area contributed by atoms with Crippen molar-refractivity contribution in [1.29, 1.82) is 0 Å². The molecule has 3 nitrogen and oxygen atoms in total. The van der Waals surface area contributed by atoms with Crippen molar-refractivity contribution >= 4 is 27.2 Å². The van der Waals surface area contributed by atoms with Crippen molar-refractivity contribution < 1.29 is 4.74 Å². The molecule has 0 aliphatic heterocycles. The SMILES string of the molecule is COc1ccccc1NC(C)=C(CN)c1ccc(Br)cc1. The largest absolute Gasteiger partial charge is 0.495 e. The molecule has 0 unspecified atom stereocenters. The summed E-state index contributed by atoms with van der Waals surface area (Å²) in [5, 5.41) is 3.39. The second-order valence-electron chi connectivity index (χ2n) is 4.64. The van der Waals surface area contributed by atoms with Crippen molar-refractivity contribution in [1.82, 2.24) is 0 Å². The van der Waals surface area contributed by atoms with Gasteiger partial charge in [0.15, 0.2) is 0 Å². The number of benzene rings is 2. The Hall–Kier alpha value is -1.78. The van der Waals surface area contributed by atoms with E-state index in [0.717, 1.165) is 32.7 Å². The zero-order chi connectivity index (χ0) is 15.2. The Bertz CT molecular complexity index is 635. The van der Waals surface area contributed by atoms with Gasteiger partial charge >= 0.3 is 0 Å². The number of halogens is 1. The molecule has 0 bridgehead atoms. The number of nitrogens with one attached hydrogen (secondary N) is 1. The van der Waals surface area contributed by atoms with Crippen LogP contribution in [0.5, 0.6) is 5.75 Å². The number of anilines is 1. The van der Waals surface area contributed by atoms with E-state index in [-0.39, 0.29) is 0 Å². The Morgan fingerprint density at radius 3 is 2.43 bits per heavy atom. The maximum absolute atomic E-state index is 5.93. The van der Waals surface area contributed by atoms with Crippen LogP contribution in [0.4, 0.5) is 5.69 Å². The van der Waals surface area contributed by atoms with Crippen LogP contribution in [0, 0.1) is 0 Å². The smallest absolute Gasteiger partial charge is 0.142 e. The van der Waals surface area contributed by atoms with E-state index in [9.17, 15) is 0 Å². The average molecular weight is 347 g/mol. The van der Waals surface area contributed by atoms with Crippen LogP contribution in [0.25, 0.3) is 5.57 Å². The third kappa shape index (κ3) is 3.86. The molecule has 0 atom stereocenters. The van der Waals surface area contributed by atoms with Gasteiger partial charge in [0.1, 0.15) is 5.75 Å². The van der Waals surface area contributed by atoms with E-state index in [1.165, 1.54) is 0 Å². The summed E-state index contributed by atoms with van der Waals surface area (Å²) >= 11 is 3.45. The maximum Gasteiger partial charge on any atom is 0.142 e. The van der Waals surface area contributed by atoms with E-state index >= 15 is 0 Å². The lowest BCUT2D eigenvalue weighted by Crippen LogP contribution is -2.09. The number of para-hydroxylation sites is 2. The molecule has 21 heavy (non-hydrogen) atoms. The van der Waals surface area contributed by atoms with Gasteiger partial charge in [0, 0.05) is 16.7 Å². The number of rotatable bonds is 5. The number of nitrogens with two attached hydrogens (primary N) is 1. The molecule has 0 aliphatic carbocycles. The molecule has 0 heterocycles. The third-order valence-corrected chi connectivity index (χ3v) is 3.81. The Kier molecular flexibility index (Phi) is 5.42. The minimum absolute atomic E-state index is 0.468. The highest BCUT2D eigenvalue weighted by Gasteiger charge is 2.07. The van der Waals surface area contributed by atoms with Crippen LogP contribution in [0.15, 0.2) is 58.7 Å². The third-order valence-electron chi connectivity index (χ3n) is 3.28. The van der Waals surface area contributed by atoms with Crippen molar-refractivity contribution in [3.05, 3.63) is 64.3 Å². The first-order valence-corrected chi connectivity index (χ1v) is 7.50. The van der Waals surface area contributed by atoms with Crippen LogP contribution in [-0.2, 0) is 0 Å². The van der Waals surface area contributed by atoms with Gasteiger partial charge in [-0.25, -0.2) is 0 Å². The van der Waals surface area contributed by atoms with Gasteiger partial charge < -0.3 is 15.8 Å². The molecule has 0 spiro atoms. The monoisotopic (exact) mass is 346 g/mol. The molecule has 4 heteroatoms. The summed E-state index contributed by atoms with van der Waals surface area (Å²) in [6.07, 6.45) is 0. The van der Waals surface area contributed by atoms with Gasteiger partial charge in [0.2, 0.25) is 0 Å². The van der Waals surface area contributed by atoms with Crippen LogP contribution in [0.3, 0.4) is 0 Å². The maximum atomic E-state index is 5.93. The molecule has 2 aromatic rings. The van der Waals surface area contributed by atoms with Crippen molar-refractivity contribution in [3.63, 3.8) is 0 Å². The first kappa shape index (κ1) is 15.6. The highest BCUT2D eigenvalue weighted by atomic mass is 79.9. The highest BCUT2D eigenvalue weighted by Crippen LogP contribution is 2.27. The number of hydrogen-bond donors (Lipinski definition) is 2. The molecule has 0 aliphatic rings. The summed E-state index contributed by atoms with van der Waals surface area (Å²) in [5.41, 5.74) is 10.1. The van der Waals surface area contributed by atoms with E-state index in [4.69, 9.17) is 10.5 Å². The van der Waals surface area contributed by atoms with Gasteiger partial charge in [-0.3, -0.25) is 0 Å². The molecule has 0 fully saturated rings. The lowest BCUT2D eigenvalue weighted by atomic mass is 10.0. The Morgan fingerprint density at radius 1 is 1.14 bits per heavy atom. The van der Waals surface area contributed by atoms with Crippen molar-refractivity contribution in [3.8, 4) is 5.75 Å². The minimum atomic E-state index is 0.468. The second-order valence-corrected chi connectivity index (χ2v) is 5.56. The van der Waals surface area contributed by atoms with E-state index in [0.29, 0.717) is 6.54 Å².